The van der Waals surface area contributed by atoms with E-state index in [1.165, 1.54) is 6.20 Å². The van der Waals surface area contributed by atoms with E-state index in [2.05, 4.69) is 15.3 Å². The molecule has 0 atom stereocenters. The van der Waals surface area contributed by atoms with Gasteiger partial charge in [0.15, 0.2) is 0 Å². The Labute approximate surface area is 157 Å². The van der Waals surface area contributed by atoms with Gasteiger partial charge in [0.05, 0.1) is 23.7 Å². The Kier molecular flexibility index (Phi) is 5.53. The minimum absolute atomic E-state index is 0.148. The smallest absolute Gasteiger partial charge is 0.347 e. The van der Waals surface area contributed by atoms with Crippen LogP contribution in [0.5, 0.6) is 0 Å². The van der Waals surface area contributed by atoms with Crippen molar-refractivity contribution in [3.8, 4) is 0 Å². The van der Waals surface area contributed by atoms with Crippen LogP contribution in [0, 0.1) is 0 Å². The van der Waals surface area contributed by atoms with Gasteiger partial charge >= 0.3 is 6.18 Å². The first-order valence-corrected chi connectivity index (χ1v) is 8.26. The average Bonchev–Trinajstić information content (AvgIpc) is 2.67. The molecule has 2 amide bonds. The Morgan fingerprint density at radius 1 is 0.964 bits per heavy atom. The lowest BCUT2D eigenvalue weighted by Crippen LogP contribution is -2.34. The summed E-state index contributed by atoms with van der Waals surface area (Å²) < 4.78 is 36.3. The first kappa shape index (κ1) is 19.3. The van der Waals surface area contributed by atoms with Crippen LogP contribution < -0.4 is 10.6 Å². The number of para-hydroxylation sites is 2. The van der Waals surface area contributed by atoms with E-state index < -0.39 is 24.5 Å². The van der Waals surface area contributed by atoms with Crippen molar-refractivity contribution in [1.29, 1.82) is 0 Å². The fourth-order valence-corrected chi connectivity index (χ4v) is 2.41. The van der Waals surface area contributed by atoms with Crippen LogP contribution in [0.2, 0.25) is 0 Å². The van der Waals surface area contributed by atoms with Crippen molar-refractivity contribution in [2.24, 2.45) is 0 Å². The number of nitrogens with zero attached hydrogens (tertiary/aromatic N) is 2. The number of alkyl halides is 3. The normalized spacial score (nSPS) is 11.2. The molecule has 0 spiro atoms. The Morgan fingerprint density at radius 2 is 1.64 bits per heavy atom. The maximum Gasteiger partial charge on any atom is 0.405 e. The first-order valence-electron chi connectivity index (χ1n) is 8.26. The lowest BCUT2D eigenvalue weighted by molar-refractivity contribution is -0.138. The number of fused-ring (bicyclic) bond motifs is 1. The third kappa shape index (κ3) is 5.26. The topological polar surface area (TPSA) is 84.0 Å². The highest BCUT2D eigenvalue weighted by atomic mass is 19.4. The predicted octanol–water partition coefficient (Wildman–Crippen LogP) is 3.10. The number of nitrogens with one attached hydrogen (secondary N) is 2. The summed E-state index contributed by atoms with van der Waals surface area (Å²) in [6.45, 7) is -1.37. The number of hydrogen-bond donors (Lipinski definition) is 2. The number of amides is 2. The van der Waals surface area contributed by atoms with E-state index in [-0.39, 0.29) is 12.1 Å². The molecule has 9 heteroatoms. The molecular formula is C19H15F3N4O2. The molecule has 0 aliphatic heterocycles. The van der Waals surface area contributed by atoms with Gasteiger partial charge in [-0.2, -0.15) is 13.2 Å². The van der Waals surface area contributed by atoms with Crippen LogP contribution in [0.1, 0.15) is 16.1 Å². The van der Waals surface area contributed by atoms with Gasteiger partial charge in [0.2, 0.25) is 5.91 Å². The van der Waals surface area contributed by atoms with Gasteiger partial charge < -0.3 is 10.6 Å². The molecule has 0 unspecified atom stereocenters. The number of hydrogen-bond acceptors (Lipinski definition) is 4. The molecule has 3 rings (SSSR count). The quantitative estimate of drug-likeness (QED) is 0.704. The molecule has 0 saturated heterocycles. The molecule has 6 nitrogen and oxygen atoms in total. The molecule has 0 radical (unpaired) electrons. The zero-order chi connectivity index (χ0) is 20.1. The number of benzene rings is 2. The average molecular weight is 388 g/mol. The van der Waals surface area contributed by atoms with Crippen molar-refractivity contribution < 1.29 is 22.8 Å². The van der Waals surface area contributed by atoms with Crippen LogP contribution in [0.3, 0.4) is 0 Å². The lowest BCUT2D eigenvalue weighted by Gasteiger charge is -2.09. The zero-order valence-electron chi connectivity index (χ0n) is 14.5. The zero-order valence-corrected chi connectivity index (χ0v) is 14.5. The molecule has 3 aromatic rings. The molecule has 1 heterocycles. The SMILES string of the molecule is O=C(Cc1ccc(NC(=O)c2cnc3ccccc3n2)cc1)NCC(F)(F)F. The second-order valence-corrected chi connectivity index (χ2v) is 5.96. The summed E-state index contributed by atoms with van der Waals surface area (Å²) >= 11 is 0. The summed E-state index contributed by atoms with van der Waals surface area (Å²) in [6.07, 6.45) is -3.27. The highest BCUT2D eigenvalue weighted by Gasteiger charge is 2.27. The van der Waals surface area contributed by atoms with Crippen LogP contribution in [-0.2, 0) is 11.2 Å². The maximum atomic E-state index is 12.3. The van der Waals surface area contributed by atoms with Crippen LogP contribution in [0.4, 0.5) is 18.9 Å². The van der Waals surface area contributed by atoms with E-state index in [0.29, 0.717) is 22.3 Å². The first-order chi connectivity index (χ1) is 13.3. The van der Waals surface area contributed by atoms with E-state index in [1.807, 2.05) is 6.07 Å². The van der Waals surface area contributed by atoms with Gasteiger partial charge in [-0.1, -0.05) is 24.3 Å². The van der Waals surface area contributed by atoms with Gasteiger partial charge in [-0.15, -0.1) is 0 Å². The van der Waals surface area contributed by atoms with Crippen molar-refractivity contribution in [3.05, 3.63) is 66.0 Å². The minimum atomic E-state index is -4.45. The van der Waals surface area contributed by atoms with Gasteiger partial charge in [-0.3, -0.25) is 14.6 Å². The van der Waals surface area contributed by atoms with Gasteiger partial charge in [0.25, 0.3) is 5.91 Å². The van der Waals surface area contributed by atoms with E-state index in [4.69, 9.17) is 0 Å². The number of aromatic nitrogens is 2. The summed E-state index contributed by atoms with van der Waals surface area (Å²) in [4.78, 5) is 32.3. The lowest BCUT2D eigenvalue weighted by atomic mass is 10.1. The van der Waals surface area contributed by atoms with Gasteiger partial charge in [0, 0.05) is 5.69 Å². The molecule has 0 bridgehead atoms. The summed E-state index contributed by atoms with van der Waals surface area (Å²) in [5.41, 5.74) is 2.39. The summed E-state index contributed by atoms with van der Waals surface area (Å²) in [5, 5.41) is 4.46. The summed E-state index contributed by atoms with van der Waals surface area (Å²) in [5.74, 6) is -1.19. The number of halogens is 3. The third-order valence-electron chi connectivity index (χ3n) is 3.74. The maximum absolute atomic E-state index is 12.3. The Balaban J connectivity index is 1.60. The molecule has 1 aromatic heterocycles. The Bertz CT molecular complexity index is 1000. The number of carbonyl (C=O) groups excluding carboxylic acids is 2. The molecule has 0 aliphatic carbocycles. The van der Waals surface area contributed by atoms with Crippen molar-refractivity contribution in [2.45, 2.75) is 12.6 Å². The minimum Gasteiger partial charge on any atom is -0.347 e. The number of carbonyl (C=O) groups is 2. The van der Waals surface area contributed by atoms with E-state index >= 15 is 0 Å². The predicted molar refractivity (Wildman–Crippen MR) is 96.7 cm³/mol. The van der Waals surface area contributed by atoms with Crippen molar-refractivity contribution in [2.75, 3.05) is 11.9 Å². The summed E-state index contributed by atoms with van der Waals surface area (Å²) in [7, 11) is 0. The largest absolute Gasteiger partial charge is 0.405 e. The number of anilines is 1. The highest BCUT2D eigenvalue weighted by Crippen LogP contribution is 2.14. The Morgan fingerprint density at radius 3 is 2.32 bits per heavy atom. The van der Waals surface area contributed by atoms with Crippen molar-refractivity contribution in [1.82, 2.24) is 15.3 Å². The molecule has 144 valence electrons. The Hall–Kier alpha value is -3.49. The second kappa shape index (κ2) is 8.03. The molecular weight excluding hydrogens is 373 g/mol. The van der Waals surface area contributed by atoms with E-state index in [0.717, 1.165) is 0 Å². The summed E-state index contributed by atoms with van der Waals surface area (Å²) in [6, 6.07) is 13.4. The third-order valence-corrected chi connectivity index (χ3v) is 3.74. The van der Waals surface area contributed by atoms with Crippen LogP contribution in [0.25, 0.3) is 11.0 Å². The molecule has 0 saturated carbocycles. The fraction of sp³-hybridized carbons (Fsp3) is 0.158. The van der Waals surface area contributed by atoms with Crippen LogP contribution in [0.15, 0.2) is 54.7 Å². The molecule has 2 N–H and O–H groups in total. The fourth-order valence-electron chi connectivity index (χ4n) is 2.41. The van der Waals surface area contributed by atoms with Gasteiger partial charge in [-0.25, -0.2) is 4.98 Å². The monoisotopic (exact) mass is 388 g/mol. The van der Waals surface area contributed by atoms with Crippen molar-refractivity contribution >= 4 is 28.5 Å². The second-order valence-electron chi connectivity index (χ2n) is 5.96. The van der Waals surface area contributed by atoms with E-state index in [9.17, 15) is 22.8 Å². The molecule has 2 aromatic carbocycles. The highest BCUT2D eigenvalue weighted by molar-refractivity contribution is 6.03. The van der Waals surface area contributed by atoms with Crippen molar-refractivity contribution in [3.63, 3.8) is 0 Å². The standard InChI is InChI=1S/C19H15F3N4O2/c20-19(21,22)11-24-17(27)9-12-5-7-13(8-6-12)25-18(28)16-10-23-14-3-1-2-4-15(14)26-16/h1-8,10H,9,11H2,(H,24,27)(H,25,28). The van der Waals surface area contributed by atoms with Gasteiger partial charge in [-0.05, 0) is 29.8 Å². The molecule has 28 heavy (non-hydrogen) atoms. The molecule has 0 aliphatic rings. The number of rotatable bonds is 5. The van der Waals surface area contributed by atoms with E-state index in [1.54, 1.807) is 47.8 Å². The molecule has 0 fully saturated rings. The van der Waals surface area contributed by atoms with Crippen LogP contribution in [-0.4, -0.2) is 34.5 Å². The van der Waals surface area contributed by atoms with Gasteiger partial charge in [0.1, 0.15) is 12.2 Å². The van der Waals surface area contributed by atoms with Crippen LogP contribution >= 0.6 is 0 Å².